The number of carbonyl (C=O) groups excluding carboxylic acids is 2. The maximum atomic E-state index is 12.8. The first-order chi connectivity index (χ1) is 17.6. The van der Waals surface area contributed by atoms with Gasteiger partial charge >= 0.3 is 0 Å². The summed E-state index contributed by atoms with van der Waals surface area (Å²) in [6, 6.07) is 32.0. The van der Waals surface area contributed by atoms with Gasteiger partial charge in [0, 0.05) is 26.5 Å². The first-order valence-corrected chi connectivity index (χ1v) is 12.1. The molecule has 1 aliphatic rings. The summed E-state index contributed by atoms with van der Waals surface area (Å²) in [4.78, 5) is 31.9. The summed E-state index contributed by atoms with van der Waals surface area (Å²) >= 11 is 1.58. The van der Waals surface area contributed by atoms with E-state index < -0.39 is 5.91 Å². The molecule has 1 aliphatic heterocycles. The summed E-state index contributed by atoms with van der Waals surface area (Å²) in [7, 11) is 0. The average molecular weight is 489 g/mol. The van der Waals surface area contributed by atoms with Crippen molar-refractivity contribution < 1.29 is 9.59 Å². The molecule has 36 heavy (non-hydrogen) atoms. The van der Waals surface area contributed by atoms with Gasteiger partial charge in [-0.3, -0.25) is 20.4 Å². The van der Waals surface area contributed by atoms with Crippen molar-refractivity contribution in [2.24, 2.45) is 4.99 Å². The Morgan fingerprint density at radius 3 is 2.36 bits per heavy atom. The zero-order valence-electron chi connectivity index (χ0n) is 19.1. The van der Waals surface area contributed by atoms with Crippen LogP contribution in [-0.4, -0.2) is 17.5 Å². The van der Waals surface area contributed by atoms with Crippen LogP contribution in [-0.2, 0) is 11.2 Å². The van der Waals surface area contributed by atoms with E-state index in [2.05, 4.69) is 16.9 Å². The van der Waals surface area contributed by atoms with Gasteiger partial charge in [-0.25, -0.2) is 4.99 Å². The maximum Gasteiger partial charge on any atom is 0.269 e. The summed E-state index contributed by atoms with van der Waals surface area (Å²) in [6.07, 6.45) is 0.165. The third kappa shape index (κ3) is 5.04. The van der Waals surface area contributed by atoms with E-state index in [1.54, 1.807) is 36.0 Å². The average Bonchev–Trinajstić information content (AvgIpc) is 3.08. The molecule has 4 aromatic rings. The van der Waals surface area contributed by atoms with Crippen LogP contribution >= 0.6 is 11.8 Å². The van der Waals surface area contributed by atoms with E-state index in [4.69, 9.17) is 10.3 Å². The second kappa shape index (κ2) is 10.3. The molecular formula is C29H20N4O2S. The lowest BCUT2D eigenvalue weighted by atomic mass is 10.0. The summed E-state index contributed by atoms with van der Waals surface area (Å²) in [5, 5.41) is 9.16. The summed E-state index contributed by atoms with van der Waals surface area (Å²) < 4.78 is 0. The van der Waals surface area contributed by atoms with Crippen LogP contribution in [0.1, 0.15) is 32.6 Å². The number of nitriles is 1. The molecule has 0 spiro atoms. The van der Waals surface area contributed by atoms with Crippen molar-refractivity contribution in [1.82, 2.24) is 10.9 Å². The molecule has 0 saturated carbocycles. The third-order valence-electron chi connectivity index (χ3n) is 5.63. The lowest BCUT2D eigenvalue weighted by molar-refractivity contribution is -0.121. The molecule has 6 nitrogen and oxygen atoms in total. The monoisotopic (exact) mass is 488 g/mol. The molecular weight excluding hydrogens is 468 g/mol. The Morgan fingerprint density at radius 2 is 1.58 bits per heavy atom. The Kier molecular flexibility index (Phi) is 6.61. The molecule has 0 saturated heterocycles. The third-order valence-corrected chi connectivity index (χ3v) is 6.77. The quantitative estimate of drug-likeness (QED) is 0.340. The molecule has 0 bridgehead atoms. The predicted octanol–water partition coefficient (Wildman–Crippen LogP) is 5.20. The molecule has 1 heterocycles. The van der Waals surface area contributed by atoms with Crippen LogP contribution in [0, 0.1) is 11.3 Å². The minimum absolute atomic E-state index is 0.165. The zero-order chi connectivity index (χ0) is 24.9. The number of hydrogen-bond acceptors (Lipinski definition) is 5. The fourth-order valence-corrected chi connectivity index (χ4v) is 4.83. The van der Waals surface area contributed by atoms with Gasteiger partial charge in [0.15, 0.2) is 0 Å². The number of benzene rings is 4. The minimum Gasteiger partial charge on any atom is -0.273 e. The number of fused-ring (bicyclic) bond motifs is 2. The Labute approximate surface area is 212 Å². The van der Waals surface area contributed by atoms with Gasteiger partial charge in [-0.15, -0.1) is 0 Å². The van der Waals surface area contributed by atoms with E-state index in [0.29, 0.717) is 16.8 Å². The van der Waals surface area contributed by atoms with Gasteiger partial charge < -0.3 is 0 Å². The van der Waals surface area contributed by atoms with Crippen molar-refractivity contribution in [2.45, 2.75) is 16.2 Å². The largest absolute Gasteiger partial charge is 0.273 e. The molecule has 2 N–H and O–H groups in total. The Bertz CT molecular complexity index is 1520. The summed E-state index contributed by atoms with van der Waals surface area (Å²) in [5.74, 6) is -0.738. The standard InChI is InChI=1S/C29H20N4O2S/c30-18-20-10-12-21(13-11-20)28-23-8-4-5-9-25(23)36-26-15-14-22(17-24(26)31-28)29(35)33-32-27(34)16-19-6-2-1-3-7-19/h1-15,17H,16H2,(H,32,34)(H,33,35). The second-order valence-electron chi connectivity index (χ2n) is 8.09. The van der Waals surface area contributed by atoms with E-state index in [-0.39, 0.29) is 12.3 Å². The number of aliphatic imine (C=N–C) groups is 1. The van der Waals surface area contributed by atoms with Crippen molar-refractivity contribution in [3.63, 3.8) is 0 Å². The van der Waals surface area contributed by atoms with Gasteiger partial charge in [0.25, 0.3) is 5.91 Å². The van der Waals surface area contributed by atoms with Crippen molar-refractivity contribution in [3.05, 3.63) is 125 Å². The first-order valence-electron chi connectivity index (χ1n) is 11.2. The highest BCUT2D eigenvalue weighted by molar-refractivity contribution is 7.99. The minimum atomic E-state index is -0.430. The van der Waals surface area contributed by atoms with Crippen LogP contribution in [0.4, 0.5) is 5.69 Å². The van der Waals surface area contributed by atoms with E-state index >= 15 is 0 Å². The smallest absolute Gasteiger partial charge is 0.269 e. The number of carbonyl (C=O) groups is 2. The van der Waals surface area contributed by atoms with Crippen LogP contribution in [0.25, 0.3) is 0 Å². The molecule has 0 radical (unpaired) electrons. The highest BCUT2D eigenvalue weighted by Crippen LogP contribution is 2.41. The second-order valence-corrected chi connectivity index (χ2v) is 9.18. The van der Waals surface area contributed by atoms with Gasteiger partial charge in [0.1, 0.15) is 0 Å². The fourth-order valence-electron chi connectivity index (χ4n) is 3.83. The van der Waals surface area contributed by atoms with Gasteiger partial charge in [0.2, 0.25) is 5.91 Å². The van der Waals surface area contributed by atoms with Gasteiger partial charge in [-0.1, -0.05) is 72.4 Å². The molecule has 5 rings (SSSR count). The highest BCUT2D eigenvalue weighted by Gasteiger charge is 2.20. The molecule has 2 amide bonds. The lowest BCUT2D eigenvalue weighted by Crippen LogP contribution is -2.42. The predicted molar refractivity (Wildman–Crippen MR) is 139 cm³/mol. The summed E-state index contributed by atoms with van der Waals surface area (Å²) in [5.41, 5.74) is 10.0. The number of rotatable bonds is 4. The van der Waals surface area contributed by atoms with Crippen molar-refractivity contribution in [2.75, 3.05) is 0 Å². The van der Waals surface area contributed by atoms with Crippen LogP contribution < -0.4 is 10.9 Å². The Balaban J connectivity index is 1.41. The first kappa shape index (κ1) is 23.1. The van der Waals surface area contributed by atoms with Crippen molar-refractivity contribution in [1.29, 1.82) is 5.26 Å². The van der Waals surface area contributed by atoms with Gasteiger partial charge in [-0.2, -0.15) is 5.26 Å². The molecule has 4 aromatic carbocycles. The molecule has 0 atom stereocenters. The van der Waals surface area contributed by atoms with Gasteiger partial charge in [0.05, 0.1) is 29.5 Å². The van der Waals surface area contributed by atoms with E-state index in [1.807, 2.05) is 72.8 Å². The highest BCUT2D eigenvalue weighted by atomic mass is 32.2. The molecule has 0 fully saturated rings. The van der Waals surface area contributed by atoms with Crippen LogP contribution in [0.2, 0.25) is 0 Å². The number of hydrogen-bond donors (Lipinski definition) is 2. The zero-order valence-corrected chi connectivity index (χ0v) is 19.9. The molecule has 0 aromatic heterocycles. The van der Waals surface area contributed by atoms with Crippen molar-refractivity contribution in [3.8, 4) is 6.07 Å². The SMILES string of the molecule is N#Cc1ccc(C2=Nc3cc(C(=O)NNC(=O)Cc4ccccc4)ccc3Sc3ccccc32)cc1. The Morgan fingerprint density at radius 1 is 0.833 bits per heavy atom. The number of amides is 2. The van der Waals surface area contributed by atoms with E-state index in [1.165, 1.54) is 0 Å². The lowest BCUT2D eigenvalue weighted by Gasteiger charge is -2.09. The topological polar surface area (TPSA) is 94.3 Å². The number of nitrogens with one attached hydrogen (secondary N) is 2. The van der Waals surface area contributed by atoms with Crippen LogP contribution in [0.15, 0.2) is 112 Å². The Hall–Kier alpha value is -4.67. The van der Waals surface area contributed by atoms with E-state index in [9.17, 15) is 9.59 Å². The van der Waals surface area contributed by atoms with Gasteiger partial charge in [-0.05, 0) is 42.0 Å². The fraction of sp³-hybridized carbons (Fsp3) is 0.0345. The van der Waals surface area contributed by atoms with Crippen molar-refractivity contribution >= 4 is 35.0 Å². The normalized spacial score (nSPS) is 11.7. The van der Waals surface area contributed by atoms with Crippen LogP contribution in [0.3, 0.4) is 0 Å². The maximum absolute atomic E-state index is 12.8. The number of nitrogens with zero attached hydrogens (tertiary/aromatic N) is 2. The number of hydrazine groups is 1. The van der Waals surface area contributed by atoms with Crippen LogP contribution in [0.5, 0.6) is 0 Å². The molecule has 174 valence electrons. The molecule has 7 heteroatoms. The summed E-state index contributed by atoms with van der Waals surface area (Å²) in [6.45, 7) is 0. The molecule has 0 unspecified atom stereocenters. The molecule has 0 aliphatic carbocycles. The van der Waals surface area contributed by atoms with E-state index in [0.717, 1.165) is 32.2 Å².